The molecule has 0 aromatic heterocycles. The van der Waals surface area contributed by atoms with E-state index in [-0.39, 0.29) is 28.1 Å². The molecule has 0 aliphatic rings. The van der Waals surface area contributed by atoms with Crippen molar-refractivity contribution in [1.29, 1.82) is 0 Å². The first-order chi connectivity index (χ1) is 13.7. The molecule has 0 aliphatic heterocycles. The van der Waals surface area contributed by atoms with Gasteiger partial charge in [-0.3, -0.25) is 40.7 Å². The van der Waals surface area contributed by atoms with Crippen LogP contribution in [0.2, 0.25) is 0 Å². The third-order valence-corrected chi connectivity index (χ3v) is 3.62. The van der Waals surface area contributed by atoms with Crippen LogP contribution in [0.3, 0.4) is 0 Å². The number of carbonyl (C=O) groups is 3. The molecule has 0 saturated heterocycles. The number of esters is 1. The van der Waals surface area contributed by atoms with E-state index in [2.05, 4.69) is 5.43 Å². The molecule has 0 radical (unpaired) electrons. The highest BCUT2D eigenvalue weighted by molar-refractivity contribution is 5.96. The highest BCUT2D eigenvalue weighted by Crippen LogP contribution is 2.19. The summed E-state index contributed by atoms with van der Waals surface area (Å²) in [4.78, 5) is 55.6. The Bertz CT molecular complexity index is 987. The Morgan fingerprint density at radius 3 is 2.10 bits per heavy atom. The molecular formula is C17H14N4O8. The number of nitro benzene ring substituents is 2. The average molecular weight is 402 g/mol. The van der Waals surface area contributed by atoms with Gasteiger partial charge >= 0.3 is 5.97 Å². The predicted molar refractivity (Wildman–Crippen MR) is 96.8 cm³/mol. The lowest BCUT2D eigenvalue weighted by Gasteiger charge is -2.08. The monoisotopic (exact) mass is 402 g/mol. The number of hydrogen-bond acceptors (Lipinski definition) is 8. The molecule has 0 atom stereocenters. The summed E-state index contributed by atoms with van der Waals surface area (Å²) in [5, 5.41) is 21.3. The summed E-state index contributed by atoms with van der Waals surface area (Å²) in [6.07, 6.45) is 0. The fourth-order valence-electron chi connectivity index (χ4n) is 2.17. The summed E-state index contributed by atoms with van der Waals surface area (Å²) in [6.45, 7) is 0.741. The van der Waals surface area contributed by atoms with E-state index in [0.717, 1.165) is 18.2 Å². The van der Waals surface area contributed by atoms with E-state index in [4.69, 9.17) is 4.74 Å². The Morgan fingerprint density at radius 2 is 1.55 bits per heavy atom. The highest BCUT2D eigenvalue weighted by Gasteiger charge is 2.16. The highest BCUT2D eigenvalue weighted by atomic mass is 16.6. The number of ether oxygens (including phenoxy) is 1. The van der Waals surface area contributed by atoms with Crippen molar-refractivity contribution in [2.45, 2.75) is 6.92 Å². The minimum Gasteiger partial charge on any atom is -0.452 e. The summed E-state index contributed by atoms with van der Waals surface area (Å²) in [5.41, 5.74) is 4.07. The smallest absolute Gasteiger partial charge is 0.338 e. The Kier molecular flexibility index (Phi) is 6.53. The van der Waals surface area contributed by atoms with Crippen molar-refractivity contribution in [1.82, 2.24) is 10.9 Å². The lowest BCUT2D eigenvalue weighted by molar-refractivity contribution is -0.385. The number of nitro groups is 2. The van der Waals surface area contributed by atoms with Crippen LogP contribution >= 0.6 is 0 Å². The maximum atomic E-state index is 11.9. The van der Waals surface area contributed by atoms with E-state index in [1.807, 2.05) is 5.43 Å². The number of nitrogens with zero attached hydrogens (tertiary/aromatic N) is 2. The van der Waals surface area contributed by atoms with Gasteiger partial charge in [-0.2, -0.15) is 0 Å². The van der Waals surface area contributed by atoms with Gasteiger partial charge in [-0.25, -0.2) is 4.79 Å². The van der Waals surface area contributed by atoms with Crippen molar-refractivity contribution in [3.05, 3.63) is 79.4 Å². The van der Waals surface area contributed by atoms with Crippen LogP contribution in [0, 0.1) is 27.2 Å². The van der Waals surface area contributed by atoms with E-state index in [0.29, 0.717) is 0 Å². The number of nitrogens with one attached hydrogen (secondary N) is 2. The largest absolute Gasteiger partial charge is 0.452 e. The lowest BCUT2D eigenvalue weighted by Crippen LogP contribution is -2.43. The molecule has 0 saturated carbocycles. The number of benzene rings is 2. The molecule has 29 heavy (non-hydrogen) atoms. The molecule has 0 fully saturated rings. The molecule has 150 valence electrons. The topological polar surface area (TPSA) is 171 Å². The number of hydrazine groups is 1. The third-order valence-electron chi connectivity index (χ3n) is 3.62. The first kappa shape index (κ1) is 21.0. The zero-order valence-electron chi connectivity index (χ0n) is 14.9. The second kappa shape index (κ2) is 9.03. The Hall–Kier alpha value is -4.35. The van der Waals surface area contributed by atoms with Crippen LogP contribution in [0.25, 0.3) is 0 Å². The van der Waals surface area contributed by atoms with Gasteiger partial charge in [0.25, 0.3) is 23.2 Å². The predicted octanol–water partition coefficient (Wildman–Crippen LogP) is 1.43. The Labute approximate surface area is 162 Å². The average Bonchev–Trinajstić information content (AvgIpc) is 2.69. The number of non-ortho nitro benzene ring substituents is 1. The van der Waals surface area contributed by atoms with E-state index in [1.54, 1.807) is 0 Å². The van der Waals surface area contributed by atoms with Crippen LogP contribution in [-0.4, -0.2) is 34.2 Å². The molecule has 0 heterocycles. The first-order valence-electron chi connectivity index (χ1n) is 7.95. The van der Waals surface area contributed by atoms with E-state index >= 15 is 0 Å². The second-order valence-corrected chi connectivity index (χ2v) is 5.64. The van der Waals surface area contributed by atoms with Crippen molar-refractivity contribution in [3.63, 3.8) is 0 Å². The van der Waals surface area contributed by atoms with Crippen LogP contribution in [0.15, 0.2) is 42.5 Å². The van der Waals surface area contributed by atoms with E-state index < -0.39 is 34.2 Å². The summed E-state index contributed by atoms with van der Waals surface area (Å²) in [6, 6.07) is 8.27. The molecule has 12 nitrogen and oxygen atoms in total. The maximum Gasteiger partial charge on any atom is 0.338 e. The second-order valence-electron chi connectivity index (χ2n) is 5.64. The normalized spacial score (nSPS) is 9.97. The maximum absolute atomic E-state index is 11.9. The first-order valence-corrected chi connectivity index (χ1v) is 7.95. The van der Waals surface area contributed by atoms with Crippen molar-refractivity contribution >= 4 is 29.2 Å². The fourth-order valence-corrected chi connectivity index (χ4v) is 2.17. The van der Waals surface area contributed by atoms with Gasteiger partial charge < -0.3 is 4.74 Å². The Morgan fingerprint density at radius 1 is 0.931 bits per heavy atom. The molecule has 2 N–H and O–H groups in total. The van der Waals surface area contributed by atoms with Gasteiger partial charge in [-0.05, 0) is 31.2 Å². The zero-order chi connectivity index (χ0) is 21.6. The molecule has 0 bridgehead atoms. The molecule has 0 spiro atoms. The van der Waals surface area contributed by atoms with Crippen LogP contribution in [0.5, 0.6) is 0 Å². The molecule has 0 unspecified atom stereocenters. The zero-order valence-corrected chi connectivity index (χ0v) is 14.9. The molecule has 0 aliphatic carbocycles. The standard InChI is InChI=1S/C17H14N4O8/c1-10-8-12(4-7-14(10)21(27)28)17(24)29-9-15(22)18-19-16(23)11-2-5-13(6-3-11)20(25)26/h2-8H,9H2,1H3,(H,18,22)(H,19,23). The number of aryl methyl sites for hydroxylation is 1. The van der Waals surface area contributed by atoms with Crippen molar-refractivity contribution in [3.8, 4) is 0 Å². The summed E-state index contributed by atoms with van der Waals surface area (Å²) < 4.78 is 4.78. The molecule has 2 amide bonds. The third kappa shape index (κ3) is 5.56. The fraction of sp³-hybridized carbons (Fsp3) is 0.118. The molecule has 12 heteroatoms. The SMILES string of the molecule is Cc1cc(C(=O)OCC(=O)NNC(=O)c2ccc([N+](=O)[O-])cc2)ccc1[N+](=O)[O-]. The van der Waals surface area contributed by atoms with Crippen molar-refractivity contribution < 1.29 is 29.0 Å². The van der Waals surface area contributed by atoms with Gasteiger partial charge in [-0.1, -0.05) is 0 Å². The summed E-state index contributed by atoms with van der Waals surface area (Å²) in [7, 11) is 0. The van der Waals surface area contributed by atoms with Gasteiger partial charge in [-0.15, -0.1) is 0 Å². The van der Waals surface area contributed by atoms with Crippen LogP contribution in [0.1, 0.15) is 26.3 Å². The van der Waals surface area contributed by atoms with E-state index in [9.17, 15) is 34.6 Å². The molecule has 2 aromatic carbocycles. The number of hydrogen-bond donors (Lipinski definition) is 2. The van der Waals surface area contributed by atoms with Gasteiger partial charge in [0.15, 0.2) is 6.61 Å². The summed E-state index contributed by atoms with van der Waals surface area (Å²) >= 11 is 0. The van der Waals surface area contributed by atoms with E-state index in [1.165, 1.54) is 31.2 Å². The quantitative estimate of drug-likeness (QED) is 0.415. The number of amides is 2. The Balaban J connectivity index is 1.84. The van der Waals surface area contributed by atoms with Crippen LogP contribution in [-0.2, 0) is 9.53 Å². The molecule has 2 aromatic rings. The lowest BCUT2D eigenvalue weighted by atomic mass is 10.1. The van der Waals surface area contributed by atoms with Gasteiger partial charge in [0.05, 0.1) is 15.4 Å². The van der Waals surface area contributed by atoms with Crippen LogP contribution < -0.4 is 10.9 Å². The number of rotatable bonds is 6. The minimum absolute atomic E-state index is 0.0239. The van der Waals surface area contributed by atoms with Crippen LogP contribution in [0.4, 0.5) is 11.4 Å². The number of carbonyl (C=O) groups excluding carboxylic acids is 3. The van der Waals surface area contributed by atoms with Gasteiger partial charge in [0.2, 0.25) is 0 Å². The van der Waals surface area contributed by atoms with Gasteiger partial charge in [0, 0.05) is 29.3 Å². The van der Waals surface area contributed by atoms with Crippen molar-refractivity contribution in [2.24, 2.45) is 0 Å². The molecule has 2 rings (SSSR count). The summed E-state index contributed by atoms with van der Waals surface area (Å²) in [5.74, 6) is -2.45. The minimum atomic E-state index is -0.875. The van der Waals surface area contributed by atoms with Gasteiger partial charge in [0.1, 0.15) is 0 Å². The van der Waals surface area contributed by atoms with Crippen molar-refractivity contribution in [2.75, 3.05) is 6.61 Å². The molecular weight excluding hydrogens is 388 g/mol.